The lowest BCUT2D eigenvalue weighted by Crippen LogP contribution is -2.48. The molecule has 1 aromatic rings. The number of amides is 1. The molecule has 2 rings (SSSR count). The van der Waals surface area contributed by atoms with Crippen molar-refractivity contribution in [3.05, 3.63) is 23.7 Å². The molecule has 5 heteroatoms. The Bertz CT molecular complexity index is 525. The van der Waals surface area contributed by atoms with Crippen LogP contribution in [0.2, 0.25) is 0 Å². The lowest BCUT2D eigenvalue weighted by atomic mass is 9.96. The number of rotatable bonds is 6. The fourth-order valence-electron chi connectivity index (χ4n) is 3.14. The van der Waals surface area contributed by atoms with Crippen molar-refractivity contribution in [3.8, 4) is 0 Å². The van der Waals surface area contributed by atoms with E-state index in [0.717, 1.165) is 44.0 Å². The van der Waals surface area contributed by atoms with Gasteiger partial charge in [-0.05, 0) is 85.1 Å². The van der Waals surface area contributed by atoms with Crippen LogP contribution in [0.1, 0.15) is 58.1 Å². The highest BCUT2D eigenvalue weighted by atomic mass is 16.3. The van der Waals surface area contributed by atoms with Crippen LogP contribution in [0.3, 0.4) is 0 Å². The second kappa shape index (κ2) is 8.17. The van der Waals surface area contributed by atoms with Crippen LogP contribution in [0.4, 0.5) is 0 Å². The van der Waals surface area contributed by atoms with Crippen molar-refractivity contribution in [2.24, 2.45) is 5.92 Å². The Balaban J connectivity index is 1.66. The normalized spacial score (nSPS) is 18.5. The lowest BCUT2D eigenvalue weighted by Gasteiger charge is -2.33. The molecule has 1 saturated heterocycles. The van der Waals surface area contributed by atoms with E-state index in [9.17, 15) is 4.79 Å². The van der Waals surface area contributed by atoms with E-state index < -0.39 is 0 Å². The highest BCUT2D eigenvalue weighted by Crippen LogP contribution is 2.19. The Labute approximate surface area is 146 Å². The molecule has 1 aromatic heterocycles. The largest absolute Gasteiger partial charge is 0.465 e. The van der Waals surface area contributed by atoms with Crippen molar-refractivity contribution >= 4 is 5.91 Å². The molecule has 5 nitrogen and oxygen atoms in total. The van der Waals surface area contributed by atoms with E-state index in [2.05, 4.69) is 22.5 Å². The van der Waals surface area contributed by atoms with Crippen molar-refractivity contribution < 1.29 is 9.21 Å². The number of nitrogens with zero attached hydrogens (tertiary/aromatic N) is 1. The van der Waals surface area contributed by atoms with Crippen LogP contribution in [0.15, 0.2) is 16.5 Å². The predicted molar refractivity (Wildman–Crippen MR) is 96.9 cm³/mol. The number of carbonyl (C=O) groups excluding carboxylic acids is 1. The summed E-state index contributed by atoms with van der Waals surface area (Å²) in [5.74, 6) is 2.76. The quantitative estimate of drug-likeness (QED) is 0.839. The number of hydrogen-bond donors (Lipinski definition) is 2. The van der Waals surface area contributed by atoms with Crippen LogP contribution >= 0.6 is 0 Å². The summed E-state index contributed by atoms with van der Waals surface area (Å²) < 4.78 is 5.67. The fraction of sp³-hybridized carbons (Fsp3) is 0.737. The van der Waals surface area contributed by atoms with Gasteiger partial charge >= 0.3 is 0 Å². The summed E-state index contributed by atoms with van der Waals surface area (Å²) >= 11 is 0. The molecule has 136 valence electrons. The Hall–Kier alpha value is -1.33. The van der Waals surface area contributed by atoms with Crippen LogP contribution in [-0.2, 0) is 4.79 Å². The van der Waals surface area contributed by atoms with Gasteiger partial charge in [0.2, 0.25) is 5.91 Å². The summed E-state index contributed by atoms with van der Waals surface area (Å²) in [5, 5.41) is 6.61. The average molecular weight is 335 g/mol. The maximum atomic E-state index is 12.0. The highest BCUT2D eigenvalue weighted by molar-refractivity contribution is 5.78. The minimum absolute atomic E-state index is 0.126. The minimum atomic E-state index is -0.153. The Kier molecular flexibility index (Phi) is 6.47. The second-order valence-corrected chi connectivity index (χ2v) is 8.10. The van der Waals surface area contributed by atoms with E-state index in [0.29, 0.717) is 12.5 Å². The van der Waals surface area contributed by atoms with Gasteiger partial charge in [0.15, 0.2) is 0 Å². The zero-order valence-electron chi connectivity index (χ0n) is 15.8. The van der Waals surface area contributed by atoms with Crippen LogP contribution in [0, 0.1) is 12.8 Å². The third kappa shape index (κ3) is 6.29. The molecular weight excluding hydrogens is 302 g/mol. The van der Waals surface area contributed by atoms with E-state index in [1.165, 1.54) is 0 Å². The number of aryl methyl sites for hydroxylation is 1. The number of likely N-dealkylation sites (tertiary alicyclic amines) is 1. The predicted octanol–water partition coefficient (Wildman–Crippen LogP) is 2.87. The SMILES string of the molecule is Cc1ccc([C@H](C)NCC2CCN(CC(=O)NC(C)(C)C)CC2)o1. The lowest BCUT2D eigenvalue weighted by molar-refractivity contribution is -0.124. The number of furan rings is 1. The van der Waals surface area contributed by atoms with Gasteiger partial charge in [-0.25, -0.2) is 0 Å². The first kappa shape index (κ1) is 19.0. The fourth-order valence-corrected chi connectivity index (χ4v) is 3.14. The first-order valence-corrected chi connectivity index (χ1v) is 9.06. The highest BCUT2D eigenvalue weighted by Gasteiger charge is 2.23. The van der Waals surface area contributed by atoms with Gasteiger partial charge in [0.05, 0.1) is 12.6 Å². The molecule has 0 aliphatic carbocycles. The third-order valence-corrected chi connectivity index (χ3v) is 4.49. The topological polar surface area (TPSA) is 57.5 Å². The van der Waals surface area contributed by atoms with Crippen LogP contribution in [0.25, 0.3) is 0 Å². The number of piperidine rings is 1. The molecule has 0 unspecified atom stereocenters. The smallest absolute Gasteiger partial charge is 0.234 e. The molecule has 0 spiro atoms. The molecule has 0 radical (unpaired) electrons. The molecule has 0 aromatic carbocycles. The van der Waals surface area contributed by atoms with Crippen LogP contribution in [-0.4, -0.2) is 42.5 Å². The molecule has 0 bridgehead atoms. The van der Waals surface area contributed by atoms with Gasteiger partial charge in [0.25, 0.3) is 0 Å². The first-order chi connectivity index (χ1) is 11.2. The van der Waals surface area contributed by atoms with Crippen molar-refractivity contribution in [1.82, 2.24) is 15.5 Å². The van der Waals surface area contributed by atoms with Gasteiger partial charge in [0.1, 0.15) is 11.5 Å². The number of nitrogens with one attached hydrogen (secondary N) is 2. The number of hydrogen-bond acceptors (Lipinski definition) is 4. The zero-order chi connectivity index (χ0) is 17.7. The second-order valence-electron chi connectivity index (χ2n) is 8.10. The molecule has 2 N–H and O–H groups in total. The summed E-state index contributed by atoms with van der Waals surface area (Å²) in [7, 11) is 0. The van der Waals surface area contributed by atoms with Gasteiger partial charge in [-0.2, -0.15) is 0 Å². The maximum absolute atomic E-state index is 12.0. The standard InChI is InChI=1S/C19H33N3O2/c1-14-6-7-17(24-14)15(2)20-12-16-8-10-22(11-9-16)13-18(23)21-19(3,4)5/h6-7,15-16,20H,8-13H2,1-5H3,(H,21,23)/t15-/m0/s1. The summed E-state index contributed by atoms with van der Waals surface area (Å²) in [6.07, 6.45) is 2.28. The molecule has 1 aliphatic rings. The minimum Gasteiger partial charge on any atom is -0.465 e. The molecule has 24 heavy (non-hydrogen) atoms. The molecule has 1 amide bonds. The molecule has 1 aliphatic heterocycles. The van der Waals surface area contributed by atoms with Gasteiger partial charge < -0.3 is 15.1 Å². The van der Waals surface area contributed by atoms with Crippen LogP contribution < -0.4 is 10.6 Å². The van der Waals surface area contributed by atoms with Gasteiger partial charge in [0, 0.05) is 5.54 Å². The molecule has 0 saturated carbocycles. The van der Waals surface area contributed by atoms with Crippen molar-refractivity contribution in [3.63, 3.8) is 0 Å². The van der Waals surface area contributed by atoms with Gasteiger partial charge in [-0.3, -0.25) is 9.69 Å². The molecule has 1 fully saturated rings. The first-order valence-electron chi connectivity index (χ1n) is 9.06. The van der Waals surface area contributed by atoms with E-state index in [-0.39, 0.29) is 17.5 Å². The number of carbonyl (C=O) groups is 1. The summed E-state index contributed by atoms with van der Waals surface area (Å²) in [5.41, 5.74) is -0.153. The van der Waals surface area contributed by atoms with E-state index in [1.807, 2.05) is 39.8 Å². The average Bonchev–Trinajstić information content (AvgIpc) is 2.91. The molecular formula is C19H33N3O2. The Morgan fingerprint density at radius 2 is 2.00 bits per heavy atom. The Morgan fingerprint density at radius 3 is 2.54 bits per heavy atom. The third-order valence-electron chi connectivity index (χ3n) is 4.49. The van der Waals surface area contributed by atoms with Crippen molar-refractivity contribution in [1.29, 1.82) is 0 Å². The molecule has 1 atom stereocenters. The monoisotopic (exact) mass is 335 g/mol. The zero-order valence-corrected chi connectivity index (χ0v) is 15.8. The molecule has 2 heterocycles. The maximum Gasteiger partial charge on any atom is 0.234 e. The summed E-state index contributed by atoms with van der Waals surface area (Å²) in [4.78, 5) is 14.3. The van der Waals surface area contributed by atoms with E-state index in [4.69, 9.17) is 4.42 Å². The Morgan fingerprint density at radius 1 is 1.33 bits per heavy atom. The van der Waals surface area contributed by atoms with Gasteiger partial charge in [-0.15, -0.1) is 0 Å². The van der Waals surface area contributed by atoms with Crippen molar-refractivity contribution in [2.45, 2.75) is 59.0 Å². The summed E-state index contributed by atoms with van der Waals surface area (Å²) in [6, 6.07) is 4.30. The summed E-state index contributed by atoms with van der Waals surface area (Å²) in [6.45, 7) is 13.7. The van der Waals surface area contributed by atoms with E-state index >= 15 is 0 Å². The van der Waals surface area contributed by atoms with Crippen LogP contribution in [0.5, 0.6) is 0 Å². The van der Waals surface area contributed by atoms with Crippen molar-refractivity contribution in [2.75, 3.05) is 26.2 Å². The van der Waals surface area contributed by atoms with E-state index in [1.54, 1.807) is 0 Å². The van der Waals surface area contributed by atoms with Gasteiger partial charge in [-0.1, -0.05) is 0 Å².